The number of aromatic nitrogens is 1. The van der Waals surface area contributed by atoms with Gasteiger partial charge in [0.1, 0.15) is 0 Å². The van der Waals surface area contributed by atoms with Gasteiger partial charge in [0, 0.05) is 18.2 Å². The molecule has 1 aromatic heterocycles. The summed E-state index contributed by atoms with van der Waals surface area (Å²) in [5, 5.41) is 0. The Morgan fingerprint density at radius 1 is 1.44 bits per heavy atom. The molecule has 0 unspecified atom stereocenters. The molecule has 0 bridgehead atoms. The molecule has 3 nitrogen and oxygen atoms in total. The Morgan fingerprint density at radius 3 is 2.88 bits per heavy atom. The lowest BCUT2D eigenvalue weighted by Gasteiger charge is -2.33. The van der Waals surface area contributed by atoms with Gasteiger partial charge in [0.05, 0.1) is 11.4 Å². The highest BCUT2D eigenvalue weighted by atomic mass is 16.2. The number of hydrogen-bond donors (Lipinski definition) is 0. The zero-order valence-electron chi connectivity index (χ0n) is 10.2. The molecule has 0 saturated carbocycles. The van der Waals surface area contributed by atoms with Crippen molar-refractivity contribution in [3.05, 3.63) is 24.0 Å². The van der Waals surface area contributed by atoms with E-state index in [4.69, 9.17) is 0 Å². The average molecular weight is 218 g/mol. The monoisotopic (exact) mass is 218 g/mol. The number of rotatable bonds is 0. The quantitative estimate of drug-likeness (QED) is 0.670. The van der Waals surface area contributed by atoms with Crippen LogP contribution in [-0.4, -0.2) is 17.4 Å². The predicted octanol–water partition coefficient (Wildman–Crippen LogP) is 2.41. The Labute approximate surface area is 96.5 Å². The maximum absolute atomic E-state index is 12.3. The molecule has 1 aromatic rings. The van der Waals surface area contributed by atoms with Crippen LogP contribution in [-0.2, 0) is 11.2 Å². The molecule has 2 rings (SSSR count). The van der Waals surface area contributed by atoms with Crippen molar-refractivity contribution in [3.8, 4) is 0 Å². The van der Waals surface area contributed by atoms with Crippen molar-refractivity contribution >= 4 is 11.6 Å². The summed E-state index contributed by atoms with van der Waals surface area (Å²) in [6, 6.07) is 3.89. The third-order valence-electron chi connectivity index (χ3n) is 2.84. The topological polar surface area (TPSA) is 33.2 Å². The molecule has 0 aliphatic carbocycles. The Morgan fingerprint density at radius 2 is 2.19 bits per heavy atom. The fraction of sp³-hybridized carbons (Fsp3) is 0.538. The number of carbonyl (C=O) groups is 1. The van der Waals surface area contributed by atoms with Gasteiger partial charge in [-0.05, 0) is 25.0 Å². The van der Waals surface area contributed by atoms with Gasteiger partial charge in [-0.2, -0.15) is 0 Å². The minimum absolute atomic E-state index is 0.182. The lowest BCUT2D eigenvalue weighted by Crippen LogP contribution is -2.42. The SMILES string of the molecule is CC(C)(C)C(=O)N1CCCc2ncccc21. The summed E-state index contributed by atoms with van der Waals surface area (Å²) >= 11 is 0. The van der Waals surface area contributed by atoms with E-state index in [0.717, 1.165) is 30.8 Å². The number of hydrogen-bond acceptors (Lipinski definition) is 2. The number of pyridine rings is 1. The van der Waals surface area contributed by atoms with Crippen LogP contribution in [0, 0.1) is 5.41 Å². The molecule has 16 heavy (non-hydrogen) atoms. The van der Waals surface area contributed by atoms with E-state index in [2.05, 4.69) is 4.98 Å². The highest BCUT2D eigenvalue weighted by Crippen LogP contribution is 2.29. The number of aryl methyl sites for hydroxylation is 1. The van der Waals surface area contributed by atoms with Gasteiger partial charge in [-0.1, -0.05) is 20.8 Å². The van der Waals surface area contributed by atoms with Crippen molar-refractivity contribution in [2.75, 3.05) is 11.4 Å². The first kappa shape index (κ1) is 11.1. The van der Waals surface area contributed by atoms with Crippen LogP contribution in [0.5, 0.6) is 0 Å². The number of nitrogens with zero attached hydrogens (tertiary/aromatic N) is 2. The first-order chi connectivity index (χ1) is 7.50. The Bertz CT molecular complexity index is 407. The summed E-state index contributed by atoms with van der Waals surface area (Å²) in [5.41, 5.74) is 1.71. The van der Waals surface area contributed by atoms with Crippen LogP contribution in [0.1, 0.15) is 32.9 Å². The Kier molecular flexibility index (Phi) is 2.70. The van der Waals surface area contributed by atoms with E-state index >= 15 is 0 Å². The highest BCUT2D eigenvalue weighted by Gasteiger charge is 2.31. The van der Waals surface area contributed by atoms with E-state index in [0.29, 0.717) is 0 Å². The normalized spacial score (nSPS) is 15.8. The predicted molar refractivity (Wildman–Crippen MR) is 64.4 cm³/mol. The average Bonchev–Trinajstić information content (AvgIpc) is 2.26. The summed E-state index contributed by atoms with van der Waals surface area (Å²) in [4.78, 5) is 18.5. The van der Waals surface area contributed by atoms with E-state index in [1.807, 2.05) is 37.8 Å². The first-order valence-corrected chi connectivity index (χ1v) is 5.76. The van der Waals surface area contributed by atoms with Gasteiger partial charge in [0.15, 0.2) is 0 Å². The first-order valence-electron chi connectivity index (χ1n) is 5.76. The van der Waals surface area contributed by atoms with Gasteiger partial charge in [-0.3, -0.25) is 9.78 Å². The zero-order valence-corrected chi connectivity index (χ0v) is 10.2. The lowest BCUT2D eigenvalue weighted by molar-refractivity contribution is -0.125. The second-order valence-electron chi connectivity index (χ2n) is 5.28. The molecular formula is C13H18N2O. The standard InChI is InChI=1S/C13H18N2O/c1-13(2,3)12(16)15-9-5-6-10-11(15)7-4-8-14-10/h4,7-8H,5-6,9H2,1-3H3. The van der Waals surface area contributed by atoms with Crippen molar-refractivity contribution < 1.29 is 4.79 Å². The molecule has 0 radical (unpaired) electrons. The number of amides is 1. The summed E-state index contributed by atoms with van der Waals surface area (Å²) < 4.78 is 0. The Balaban J connectivity index is 2.36. The molecular weight excluding hydrogens is 200 g/mol. The Hall–Kier alpha value is -1.38. The van der Waals surface area contributed by atoms with Gasteiger partial charge in [-0.25, -0.2) is 0 Å². The van der Waals surface area contributed by atoms with Crippen LogP contribution in [0.25, 0.3) is 0 Å². The van der Waals surface area contributed by atoms with Crippen molar-refractivity contribution in [1.82, 2.24) is 4.98 Å². The second-order valence-corrected chi connectivity index (χ2v) is 5.28. The van der Waals surface area contributed by atoms with Gasteiger partial charge < -0.3 is 4.90 Å². The van der Waals surface area contributed by atoms with Crippen molar-refractivity contribution in [2.24, 2.45) is 5.41 Å². The van der Waals surface area contributed by atoms with Crippen LogP contribution in [0.15, 0.2) is 18.3 Å². The fourth-order valence-corrected chi connectivity index (χ4v) is 2.01. The summed E-state index contributed by atoms with van der Waals surface area (Å²) in [7, 11) is 0. The number of anilines is 1. The van der Waals surface area contributed by atoms with Gasteiger partial charge in [0.2, 0.25) is 5.91 Å². The van der Waals surface area contributed by atoms with Gasteiger partial charge >= 0.3 is 0 Å². The molecule has 1 aliphatic rings. The fourth-order valence-electron chi connectivity index (χ4n) is 2.01. The molecule has 0 atom stereocenters. The van der Waals surface area contributed by atoms with E-state index in [9.17, 15) is 4.79 Å². The van der Waals surface area contributed by atoms with E-state index in [1.54, 1.807) is 6.20 Å². The second kappa shape index (κ2) is 3.89. The molecule has 1 aliphatic heterocycles. The molecule has 1 amide bonds. The maximum Gasteiger partial charge on any atom is 0.232 e. The van der Waals surface area contributed by atoms with E-state index in [-0.39, 0.29) is 11.3 Å². The van der Waals surface area contributed by atoms with Crippen LogP contribution in [0.3, 0.4) is 0 Å². The third-order valence-corrected chi connectivity index (χ3v) is 2.84. The van der Waals surface area contributed by atoms with Gasteiger partial charge in [-0.15, -0.1) is 0 Å². The molecule has 2 heterocycles. The van der Waals surface area contributed by atoms with Crippen LogP contribution < -0.4 is 4.90 Å². The number of fused-ring (bicyclic) bond motifs is 1. The molecule has 0 fully saturated rings. The molecule has 86 valence electrons. The largest absolute Gasteiger partial charge is 0.310 e. The zero-order chi connectivity index (χ0) is 11.8. The molecule has 0 N–H and O–H groups in total. The molecule has 0 saturated heterocycles. The molecule has 0 spiro atoms. The lowest BCUT2D eigenvalue weighted by atomic mass is 9.93. The van der Waals surface area contributed by atoms with Crippen LogP contribution in [0.4, 0.5) is 5.69 Å². The van der Waals surface area contributed by atoms with Crippen molar-refractivity contribution in [2.45, 2.75) is 33.6 Å². The number of carbonyl (C=O) groups excluding carboxylic acids is 1. The van der Waals surface area contributed by atoms with Crippen molar-refractivity contribution in [1.29, 1.82) is 0 Å². The van der Waals surface area contributed by atoms with Crippen molar-refractivity contribution in [3.63, 3.8) is 0 Å². The van der Waals surface area contributed by atoms with Crippen LogP contribution in [0.2, 0.25) is 0 Å². The highest BCUT2D eigenvalue weighted by molar-refractivity contribution is 5.97. The van der Waals surface area contributed by atoms with Crippen LogP contribution >= 0.6 is 0 Å². The van der Waals surface area contributed by atoms with E-state index < -0.39 is 0 Å². The third kappa shape index (κ3) is 1.94. The molecule has 0 aromatic carbocycles. The maximum atomic E-state index is 12.3. The van der Waals surface area contributed by atoms with Gasteiger partial charge in [0.25, 0.3) is 0 Å². The summed E-state index contributed by atoms with van der Waals surface area (Å²) in [6.45, 7) is 6.69. The summed E-state index contributed by atoms with van der Waals surface area (Å²) in [6.07, 6.45) is 3.78. The summed E-state index contributed by atoms with van der Waals surface area (Å²) in [5.74, 6) is 0.182. The minimum Gasteiger partial charge on any atom is -0.310 e. The minimum atomic E-state index is -0.329. The molecule has 3 heteroatoms. The smallest absolute Gasteiger partial charge is 0.232 e. The van der Waals surface area contributed by atoms with E-state index in [1.165, 1.54) is 0 Å².